The lowest BCUT2D eigenvalue weighted by Gasteiger charge is -2.02. The van der Waals surface area contributed by atoms with E-state index in [9.17, 15) is 4.39 Å². The number of aromatic nitrogens is 5. The Morgan fingerprint density at radius 2 is 2.27 bits per heavy atom. The number of hydrogen-bond acceptors (Lipinski definition) is 6. The largest absolute Gasteiger partial charge is 0.384 e. The molecular formula is C13H15FN6OS. The summed E-state index contributed by atoms with van der Waals surface area (Å²) in [6.07, 6.45) is 0.594. The van der Waals surface area contributed by atoms with Crippen LogP contribution >= 0.6 is 11.8 Å². The van der Waals surface area contributed by atoms with Crippen LogP contribution < -0.4 is 5.84 Å². The summed E-state index contributed by atoms with van der Waals surface area (Å²) in [5, 5.41) is 8.63. The Hall–Kier alpha value is -2.13. The lowest BCUT2D eigenvalue weighted by Crippen LogP contribution is -2.15. The van der Waals surface area contributed by atoms with E-state index >= 15 is 0 Å². The molecule has 0 bridgehead atoms. The van der Waals surface area contributed by atoms with Gasteiger partial charge in [-0.2, -0.15) is 0 Å². The van der Waals surface area contributed by atoms with Crippen LogP contribution in [0.1, 0.15) is 11.6 Å². The predicted molar refractivity (Wildman–Crippen MR) is 81.4 cm³/mol. The standard InChI is InChI=1S/C13H15FN6OS/c1-21-6-5-11-18-19-13(20(11)15)22-7-10-16-9-4-2-3-8(14)12(9)17-10/h2-4H,5-7,15H2,1H3,(H,16,17). The summed E-state index contributed by atoms with van der Waals surface area (Å²) < 4.78 is 20.0. The molecule has 3 rings (SSSR count). The summed E-state index contributed by atoms with van der Waals surface area (Å²) in [5.74, 6) is 7.40. The number of benzene rings is 1. The maximum absolute atomic E-state index is 13.6. The molecule has 0 aliphatic heterocycles. The Bertz CT molecular complexity index is 786. The highest BCUT2D eigenvalue weighted by molar-refractivity contribution is 7.98. The predicted octanol–water partition coefficient (Wildman–Crippen LogP) is 1.49. The molecule has 0 aliphatic carbocycles. The van der Waals surface area contributed by atoms with Crippen LogP contribution in [0, 0.1) is 5.82 Å². The minimum absolute atomic E-state index is 0.339. The van der Waals surface area contributed by atoms with Gasteiger partial charge in [0, 0.05) is 13.5 Å². The zero-order chi connectivity index (χ0) is 15.5. The number of thioether (sulfide) groups is 1. The van der Waals surface area contributed by atoms with Crippen LogP contribution in [-0.2, 0) is 16.9 Å². The number of hydrogen-bond donors (Lipinski definition) is 2. The van der Waals surface area contributed by atoms with E-state index < -0.39 is 0 Å². The molecule has 0 amide bonds. The highest BCUT2D eigenvalue weighted by Crippen LogP contribution is 2.22. The maximum atomic E-state index is 13.6. The van der Waals surface area contributed by atoms with Gasteiger partial charge in [0.15, 0.2) is 11.6 Å². The first-order valence-corrected chi connectivity index (χ1v) is 7.62. The van der Waals surface area contributed by atoms with Gasteiger partial charge < -0.3 is 15.6 Å². The molecule has 0 radical (unpaired) electrons. The van der Waals surface area contributed by atoms with Crippen molar-refractivity contribution in [1.29, 1.82) is 0 Å². The first-order chi connectivity index (χ1) is 10.7. The molecule has 9 heteroatoms. The molecule has 7 nitrogen and oxygen atoms in total. The monoisotopic (exact) mass is 322 g/mol. The minimum Gasteiger partial charge on any atom is -0.384 e. The van der Waals surface area contributed by atoms with Crippen molar-refractivity contribution >= 4 is 22.8 Å². The Morgan fingerprint density at radius 3 is 3.05 bits per heavy atom. The zero-order valence-electron chi connectivity index (χ0n) is 11.9. The molecule has 116 valence electrons. The summed E-state index contributed by atoms with van der Waals surface area (Å²) in [7, 11) is 1.62. The smallest absolute Gasteiger partial charge is 0.210 e. The Labute approximate surface area is 130 Å². The molecule has 3 N–H and O–H groups in total. The molecule has 0 fully saturated rings. The molecule has 0 unspecified atom stereocenters. The van der Waals surface area contributed by atoms with Crippen LogP contribution in [0.2, 0.25) is 0 Å². The maximum Gasteiger partial charge on any atom is 0.210 e. The van der Waals surface area contributed by atoms with Crippen LogP contribution in [0.3, 0.4) is 0 Å². The summed E-state index contributed by atoms with van der Waals surface area (Å²) >= 11 is 1.38. The molecule has 0 spiro atoms. The Morgan fingerprint density at radius 1 is 1.41 bits per heavy atom. The number of imidazole rings is 1. The molecule has 1 aromatic carbocycles. The van der Waals surface area contributed by atoms with Gasteiger partial charge in [-0.1, -0.05) is 17.8 Å². The molecule has 0 saturated heterocycles. The summed E-state index contributed by atoms with van der Waals surface area (Å²) in [6.45, 7) is 0.531. The minimum atomic E-state index is -0.339. The topological polar surface area (TPSA) is 94.6 Å². The molecule has 0 aliphatic rings. The van der Waals surface area contributed by atoms with E-state index in [-0.39, 0.29) is 5.82 Å². The third-order valence-electron chi connectivity index (χ3n) is 3.12. The number of rotatable bonds is 6. The molecule has 2 heterocycles. The van der Waals surface area contributed by atoms with E-state index in [0.29, 0.717) is 46.6 Å². The van der Waals surface area contributed by atoms with Gasteiger partial charge in [-0.05, 0) is 12.1 Å². The Balaban J connectivity index is 1.71. The summed E-state index contributed by atoms with van der Waals surface area (Å²) in [4.78, 5) is 7.32. The van der Waals surface area contributed by atoms with Gasteiger partial charge in [0.1, 0.15) is 11.3 Å². The van der Waals surface area contributed by atoms with Crippen molar-refractivity contribution in [1.82, 2.24) is 24.8 Å². The van der Waals surface area contributed by atoms with Crippen molar-refractivity contribution in [2.45, 2.75) is 17.3 Å². The number of nitrogen functional groups attached to an aromatic ring is 1. The van der Waals surface area contributed by atoms with Crippen molar-refractivity contribution in [3.63, 3.8) is 0 Å². The van der Waals surface area contributed by atoms with Gasteiger partial charge in [0.2, 0.25) is 5.16 Å². The third kappa shape index (κ3) is 2.90. The molecule has 2 aromatic heterocycles. The first kappa shape index (κ1) is 14.8. The third-order valence-corrected chi connectivity index (χ3v) is 4.07. The van der Waals surface area contributed by atoms with Crippen LogP contribution in [-0.4, -0.2) is 38.6 Å². The van der Waals surface area contributed by atoms with Crippen LogP contribution in [0.25, 0.3) is 11.0 Å². The second kappa shape index (κ2) is 6.32. The van der Waals surface area contributed by atoms with E-state index in [2.05, 4.69) is 20.2 Å². The van der Waals surface area contributed by atoms with Crippen molar-refractivity contribution in [2.24, 2.45) is 0 Å². The lowest BCUT2D eigenvalue weighted by atomic mass is 10.3. The first-order valence-electron chi connectivity index (χ1n) is 6.63. The average Bonchev–Trinajstić information content (AvgIpc) is 3.08. The molecule has 22 heavy (non-hydrogen) atoms. The van der Waals surface area contributed by atoms with E-state index in [1.54, 1.807) is 19.2 Å². The highest BCUT2D eigenvalue weighted by Gasteiger charge is 2.12. The van der Waals surface area contributed by atoms with Gasteiger partial charge in [-0.25, -0.2) is 14.1 Å². The number of nitrogens with zero attached hydrogens (tertiary/aromatic N) is 4. The quantitative estimate of drug-likeness (QED) is 0.527. The van der Waals surface area contributed by atoms with Gasteiger partial charge in [0.05, 0.1) is 17.9 Å². The number of fused-ring (bicyclic) bond motifs is 1. The Kier molecular flexibility index (Phi) is 4.25. The fraction of sp³-hybridized carbons (Fsp3) is 0.308. The van der Waals surface area contributed by atoms with E-state index in [0.717, 1.165) is 0 Å². The normalized spacial score (nSPS) is 11.4. The second-order valence-electron chi connectivity index (χ2n) is 4.62. The lowest BCUT2D eigenvalue weighted by molar-refractivity contribution is 0.200. The fourth-order valence-electron chi connectivity index (χ4n) is 2.02. The molecule has 3 aromatic rings. The van der Waals surface area contributed by atoms with E-state index in [4.69, 9.17) is 10.6 Å². The van der Waals surface area contributed by atoms with Gasteiger partial charge >= 0.3 is 0 Å². The number of methoxy groups -OCH3 is 1. The summed E-state index contributed by atoms with van der Waals surface area (Å²) in [5.41, 5.74) is 1.01. The number of ether oxygens (including phenoxy) is 1. The van der Waals surface area contributed by atoms with E-state index in [1.807, 2.05) is 0 Å². The number of para-hydroxylation sites is 1. The van der Waals surface area contributed by atoms with Crippen molar-refractivity contribution in [3.05, 3.63) is 35.7 Å². The summed E-state index contributed by atoms with van der Waals surface area (Å²) in [6, 6.07) is 4.82. The fourth-order valence-corrected chi connectivity index (χ4v) is 2.76. The number of halogens is 1. The highest BCUT2D eigenvalue weighted by atomic mass is 32.2. The van der Waals surface area contributed by atoms with E-state index in [1.165, 1.54) is 22.5 Å². The number of aromatic amines is 1. The zero-order valence-corrected chi connectivity index (χ0v) is 12.7. The van der Waals surface area contributed by atoms with Gasteiger partial charge in [0.25, 0.3) is 0 Å². The van der Waals surface area contributed by atoms with Crippen molar-refractivity contribution in [2.75, 3.05) is 19.6 Å². The number of H-pyrrole nitrogens is 1. The van der Waals surface area contributed by atoms with Crippen LogP contribution in [0.4, 0.5) is 4.39 Å². The van der Waals surface area contributed by atoms with Crippen molar-refractivity contribution in [3.8, 4) is 0 Å². The van der Waals surface area contributed by atoms with Gasteiger partial charge in [-0.3, -0.25) is 0 Å². The van der Waals surface area contributed by atoms with Gasteiger partial charge in [-0.15, -0.1) is 10.2 Å². The molecular weight excluding hydrogens is 307 g/mol. The second-order valence-corrected chi connectivity index (χ2v) is 5.56. The number of nitrogens with two attached hydrogens (primary N) is 1. The van der Waals surface area contributed by atoms with Crippen LogP contribution in [0.5, 0.6) is 0 Å². The van der Waals surface area contributed by atoms with Crippen LogP contribution in [0.15, 0.2) is 23.4 Å². The molecule has 0 saturated carbocycles. The average molecular weight is 322 g/mol. The SMILES string of the molecule is COCCc1nnc(SCc2nc3c(F)cccc3[nH]2)n1N. The van der Waals surface area contributed by atoms with Crippen molar-refractivity contribution < 1.29 is 9.13 Å². The number of nitrogens with one attached hydrogen (secondary N) is 1. The molecule has 0 atom stereocenters.